The number of ether oxygens (including phenoxy) is 4. The quantitative estimate of drug-likeness (QED) is 0.559. The minimum atomic E-state index is -2.97. The number of amides is 1. The van der Waals surface area contributed by atoms with E-state index in [2.05, 4.69) is 4.74 Å². The van der Waals surface area contributed by atoms with E-state index in [1.165, 1.54) is 24.1 Å². The number of alkyl halides is 2. The molecule has 0 atom stereocenters. The maximum Gasteiger partial charge on any atom is 0.387 e. The third-order valence-electron chi connectivity index (χ3n) is 3.95. The molecular formula is C21H25F2NO5. The second-order valence-electron chi connectivity index (χ2n) is 6.22. The number of rotatable bonds is 11. The first-order valence-corrected chi connectivity index (χ1v) is 9.14. The van der Waals surface area contributed by atoms with Crippen LogP contribution < -0.4 is 18.9 Å². The second kappa shape index (κ2) is 11.1. The van der Waals surface area contributed by atoms with Gasteiger partial charge in [-0.25, -0.2) is 0 Å². The summed E-state index contributed by atoms with van der Waals surface area (Å²) in [6, 6.07) is 11.6. The number of likely N-dealkylation sites (N-methyl/N-ethyl adjacent to an activating group) is 1. The predicted molar refractivity (Wildman–Crippen MR) is 104 cm³/mol. The molecule has 2 rings (SSSR count). The van der Waals surface area contributed by atoms with Crippen molar-refractivity contribution in [3.8, 4) is 23.0 Å². The first-order valence-electron chi connectivity index (χ1n) is 9.14. The zero-order chi connectivity index (χ0) is 21.2. The van der Waals surface area contributed by atoms with Crippen molar-refractivity contribution in [1.29, 1.82) is 0 Å². The van der Waals surface area contributed by atoms with Crippen LogP contribution in [0, 0.1) is 0 Å². The fourth-order valence-corrected chi connectivity index (χ4v) is 2.48. The van der Waals surface area contributed by atoms with Gasteiger partial charge in [-0.1, -0.05) is 13.0 Å². The van der Waals surface area contributed by atoms with Gasteiger partial charge in [-0.05, 0) is 48.4 Å². The van der Waals surface area contributed by atoms with Crippen molar-refractivity contribution in [2.75, 3.05) is 27.4 Å². The van der Waals surface area contributed by atoms with Gasteiger partial charge in [-0.3, -0.25) is 4.79 Å². The van der Waals surface area contributed by atoms with Crippen LogP contribution in [0.5, 0.6) is 23.0 Å². The van der Waals surface area contributed by atoms with E-state index in [-0.39, 0.29) is 30.6 Å². The van der Waals surface area contributed by atoms with Gasteiger partial charge in [0.05, 0.1) is 13.7 Å². The van der Waals surface area contributed by atoms with Crippen molar-refractivity contribution in [3.05, 3.63) is 48.0 Å². The maximum atomic E-state index is 12.5. The Morgan fingerprint density at radius 2 is 1.69 bits per heavy atom. The fourth-order valence-electron chi connectivity index (χ4n) is 2.48. The molecule has 2 aromatic carbocycles. The highest BCUT2D eigenvalue weighted by Gasteiger charge is 2.14. The minimum absolute atomic E-state index is 0.0810. The Morgan fingerprint density at radius 3 is 2.28 bits per heavy atom. The van der Waals surface area contributed by atoms with Crippen LogP contribution >= 0.6 is 0 Å². The minimum Gasteiger partial charge on any atom is -0.494 e. The number of nitrogens with zero attached hydrogens (tertiary/aromatic N) is 1. The van der Waals surface area contributed by atoms with Gasteiger partial charge in [-0.2, -0.15) is 8.78 Å². The van der Waals surface area contributed by atoms with Crippen LogP contribution in [0.2, 0.25) is 0 Å². The number of hydrogen-bond acceptors (Lipinski definition) is 5. The van der Waals surface area contributed by atoms with Crippen molar-refractivity contribution >= 4 is 5.91 Å². The summed E-state index contributed by atoms with van der Waals surface area (Å²) < 4.78 is 45.5. The lowest BCUT2D eigenvalue weighted by Crippen LogP contribution is -2.31. The second-order valence-corrected chi connectivity index (χ2v) is 6.22. The summed E-state index contributed by atoms with van der Waals surface area (Å²) in [5, 5.41) is 0. The summed E-state index contributed by atoms with van der Waals surface area (Å²) in [4.78, 5) is 13.8. The van der Waals surface area contributed by atoms with E-state index >= 15 is 0 Å². The summed E-state index contributed by atoms with van der Waals surface area (Å²) in [7, 11) is 2.97. The average molecular weight is 409 g/mol. The van der Waals surface area contributed by atoms with Gasteiger partial charge in [0.25, 0.3) is 5.91 Å². The molecule has 0 saturated heterocycles. The van der Waals surface area contributed by atoms with Gasteiger partial charge in [0.2, 0.25) is 0 Å². The van der Waals surface area contributed by atoms with Crippen molar-refractivity contribution < 1.29 is 32.5 Å². The molecule has 0 aliphatic rings. The van der Waals surface area contributed by atoms with Gasteiger partial charge >= 0.3 is 6.61 Å². The fraction of sp³-hybridized carbons (Fsp3) is 0.381. The smallest absolute Gasteiger partial charge is 0.387 e. The largest absolute Gasteiger partial charge is 0.494 e. The van der Waals surface area contributed by atoms with E-state index in [1.807, 2.05) is 6.92 Å². The van der Waals surface area contributed by atoms with E-state index in [1.54, 1.807) is 37.4 Å². The SMILES string of the molecule is CCCOc1ccc(OCC(=O)N(C)Cc2ccc(OC)c(OC(F)F)c2)cc1. The molecule has 6 nitrogen and oxygen atoms in total. The Hall–Kier alpha value is -3.03. The zero-order valence-electron chi connectivity index (χ0n) is 16.7. The van der Waals surface area contributed by atoms with Crippen LogP contribution in [-0.2, 0) is 11.3 Å². The molecule has 1 amide bonds. The van der Waals surface area contributed by atoms with Gasteiger partial charge in [0, 0.05) is 13.6 Å². The Balaban J connectivity index is 1.90. The lowest BCUT2D eigenvalue weighted by Gasteiger charge is -2.19. The van der Waals surface area contributed by atoms with Gasteiger partial charge in [0.1, 0.15) is 11.5 Å². The van der Waals surface area contributed by atoms with Crippen molar-refractivity contribution in [2.24, 2.45) is 0 Å². The van der Waals surface area contributed by atoms with E-state index in [4.69, 9.17) is 14.2 Å². The molecular weight excluding hydrogens is 384 g/mol. The highest BCUT2D eigenvalue weighted by Crippen LogP contribution is 2.30. The lowest BCUT2D eigenvalue weighted by molar-refractivity contribution is -0.132. The van der Waals surface area contributed by atoms with Crippen molar-refractivity contribution in [1.82, 2.24) is 4.90 Å². The Bertz CT molecular complexity index is 783. The molecule has 29 heavy (non-hydrogen) atoms. The number of halogens is 2. The maximum absolute atomic E-state index is 12.5. The van der Waals surface area contributed by atoms with Crippen molar-refractivity contribution in [3.63, 3.8) is 0 Å². The number of hydrogen-bond donors (Lipinski definition) is 0. The zero-order valence-corrected chi connectivity index (χ0v) is 16.7. The van der Waals surface area contributed by atoms with Crippen LogP contribution in [0.3, 0.4) is 0 Å². The highest BCUT2D eigenvalue weighted by molar-refractivity contribution is 5.77. The summed E-state index contributed by atoms with van der Waals surface area (Å²) in [5.41, 5.74) is 0.620. The van der Waals surface area contributed by atoms with Gasteiger partial charge < -0.3 is 23.8 Å². The number of carbonyl (C=O) groups excluding carboxylic acids is 1. The topological polar surface area (TPSA) is 57.2 Å². The third kappa shape index (κ3) is 7.14. The van der Waals surface area contributed by atoms with Crippen LogP contribution in [0.1, 0.15) is 18.9 Å². The molecule has 0 fully saturated rings. The molecule has 0 aliphatic heterocycles. The Morgan fingerprint density at radius 1 is 1.03 bits per heavy atom. The average Bonchev–Trinajstić information content (AvgIpc) is 2.71. The summed E-state index contributed by atoms with van der Waals surface area (Å²) in [6.07, 6.45) is 0.920. The summed E-state index contributed by atoms with van der Waals surface area (Å²) in [6.45, 7) is -0.250. The first kappa shape index (κ1) is 22.3. The van der Waals surface area contributed by atoms with Crippen molar-refractivity contribution in [2.45, 2.75) is 26.5 Å². The molecule has 0 spiro atoms. The lowest BCUT2D eigenvalue weighted by atomic mass is 10.2. The monoisotopic (exact) mass is 409 g/mol. The van der Waals surface area contributed by atoms with Crippen LogP contribution in [0.25, 0.3) is 0 Å². The first-order chi connectivity index (χ1) is 13.9. The van der Waals surface area contributed by atoms with Crippen LogP contribution in [0.4, 0.5) is 8.78 Å². The summed E-state index contributed by atoms with van der Waals surface area (Å²) in [5.74, 6) is 1.14. The molecule has 8 heteroatoms. The molecule has 0 radical (unpaired) electrons. The molecule has 0 saturated carbocycles. The Kier molecular flexibility index (Phi) is 8.51. The highest BCUT2D eigenvalue weighted by atomic mass is 19.3. The van der Waals surface area contributed by atoms with E-state index in [0.717, 1.165) is 12.2 Å². The normalized spacial score (nSPS) is 10.6. The molecule has 0 aromatic heterocycles. The van der Waals surface area contributed by atoms with E-state index in [9.17, 15) is 13.6 Å². The van der Waals surface area contributed by atoms with Crippen LogP contribution in [0.15, 0.2) is 42.5 Å². The standard InChI is InChI=1S/C21H25F2NO5/c1-4-11-27-16-6-8-17(9-7-16)28-14-20(25)24(2)13-15-5-10-18(26-3)19(12-15)29-21(22)23/h5-10,12,21H,4,11,13-14H2,1-3H3. The molecule has 0 N–H and O–H groups in total. The number of methoxy groups -OCH3 is 1. The third-order valence-corrected chi connectivity index (χ3v) is 3.95. The molecule has 0 bridgehead atoms. The molecule has 0 unspecified atom stereocenters. The summed E-state index contributed by atoms with van der Waals surface area (Å²) >= 11 is 0. The van der Waals surface area contributed by atoms with Gasteiger partial charge in [-0.15, -0.1) is 0 Å². The molecule has 158 valence electrons. The van der Waals surface area contributed by atoms with Crippen LogP contribution in [-0.4, -0.2) is 44.8 Å². The number of carbonyl (C=O) groups is 1. The molecule has 0 aliphatic carbocycles. The molecule has 2 aromatic rings. The predicted octanol–water partition coefficient (Wildman–Crippen LogP) is 4.12. The molecule has 0 heterocycles. The van der Waals surface area contributed by atoms with E-state index < -0.39 is 6.61 Å². The Labute approximate surface area is 168 Å². The number of benzene rings is 2. The van der Waals surface area contributed by atoms with E-state index in [0.29, 0.717) is 17.9 Å². The van der Waals surface area contributed by atoms with Gasteiger partial charge in [0.15, 0.2) is 18.1 Å².